The van der Waals surface area contributed by atoms with Crippen molar-refractivity contribution in [2.24, 2.45) is 7.05 Å². The van der Waals surface area contributed by atoms with Crippen molar-refractivity contribution in [2.45, 2.75) is 6.42 Å². The van der Waals surface area contributed by atoms with Crippen molar-refractivity contribution in [1.29, 1.82) is 5.41 Å². The van der Waals surface area contributed by atoms with E-state index in [9.17, 15) is 4.79 Å². The molecule has 1 aromatic heterocycles. The number of allylic oxidation sites excluding steroid dienone is 1. The lowest BCUT2D eigenvalue weighted by molar-refractivity contribution is 0.914. The molecule has 1 aliphatic carbocycles. The molecule has 0 fully saturated rings. The van der Waals surface area contributed by atoms with Gasteiger partial charge in [-0.05, 0) is 24.3 Å². The van der Waals surface area contributed by atoms with Crippen LogP contribution in [0.1, 0.15) is 11.3 Å². The minimum absolute atomic E-state index is 0.0581. The Morgan fingerprint density at radius 2 is 2.00 bits per heavy atom. The molecule has 84 valence electrons. The Balaban J connectivity index is 2.52. The van der Waals surface area contributed by atoms with E-state index in [1.165, 1.54) is 0 Å². The molecule has 3 heteroatoms. The summed E-state index contributed by atoms with van der Waals surface area (Å²) in [5, 5.41) is 8.39. The van der Waals surface area contributed by atoms with Gasteiger partial charge in [0.2, 0.25) is 0 Å². The van der Waals surface area contributed by atoms with Crippen LogP contribution in [0.25, 0.3) is 17.0 Å². The Morgan fingerprint density at radius 1 is 1.24 bits per heavy atom. The lowest BCUT2D eigenvalue weighted by Crippen LogP contribution is -2.21. The van der Waals surface area contributed by atoms with E-state index in [0.29, 0.717) is 12.1 Å². The van der Waals surface area contributed by atoms with Crippen LogP contribution in [0.2, 0.25) is 0 Å². The van der Waals surface area contributed by atoms with Gasteiger partial charge in [0.15, 0.2) is 5.43 Å². The zero-order valence-electron chi connectivity index (χ0n) is 9.53. The molecule has 0 saturated heterocycles. The van der Waals surface area contributed by atoms with Crippen molar-refractivity contribution in [3.05, 3.63) is 51.8 Å². The molecule has 0 atom stereocenters. The fourth-order valence-corrected chi connectivity index (χ4v) is 2.38. The predicted octanol–water partition coefficient (Wildman–Crippen LogP) is 2.13. The molecule has 0 spiro atoms. The van der Waals surface area contributed by atoms with Crippen LogP contribution < -0.4 is 5.43 Å². The second-order valence-electron chi connectivity index (χ2n) is 4.30. The van der Waals surface area contributed by atoms with Crippen LogP contribution in [-0.2, 0) is 13.5 Å². The minimum atomic E-state index is 0.0581. The first-order valence-electron chi connectivity index (χ1n) is 5.54. The predicted molar refractivity (Wildman–Crippen MR) is 69.7 cm³/mol. The molecule has 0 bridgehead atoms. The van der Waals surface area contributed by atoms with Crippen molar-refractivity contribution < 1.29 is 0 Å². The Morgan fingerprint density at radius 3 is 2.82 bits per heavy atom. The molecule has 3 rings (SSSR count). The average molecular weight is 224 g/mol. The summed E-state index contributed by atoms with van der Waals surface area (Å²) < 4.78 is 2.02. The number of aromatic nitrogens is 1. The average Bonchev–Trinajstić information content (AvgIpc) is 2.36. The van der Waals surface area contributed by atoms with Crippen LogP contribution in [0.15, 0.2) is 35.1 Å². The normalized spacial score (nSPS) is 14.1. The molecule has 3 nitrogen and oxygen atoms in total. The topological polar surface area (TPSA) is 45.9 Å². The number of hydrogen-bond donors (Lipinski definition) is 1. The summed E-state index contributed by atoms with van der Waals surface area (Å²) >= 11 is 0. The third-order valence-corrected chi connectivity index (χ3v) is 3.26. The summed E-state index contributed by atoms with van der Waals surface area (Å²) in [6.07, 6.45) is 4.05. The van der Waals surface area contributed by atoms with Gasteiger partial charge in [-0.25, -0.2) is 0 Å². The SMILES string of the molecule is Cn1c2c(c(=O)c3ccccc31)CC(=N)C=C2. The van der Waals surface area contributed by atoms with Crippen molar-refractivity contribution in [3.63, 3.8) is 0 Å². The van der Waals surface area contributed by atoms with Crippen molar-refractivity contribution in [1.82, 2.24) is 4.57 Å². The molecule has 0 saturated carbocycles. The monoisotopic (exact) mass is 224 g/mol. The van der Waals surface area contributed by atoms with Gasteiger partial charge < -0.3 is 9.98 Å². The molecule has 2 aromatic rings. The molecule has 0 amide bonds. The number of para-hydroxylation sites is 1. The Bertz CT molecular complexity index is 723. The Hall–Kier alpha value is -2.16. The van der Waals surface area contributed by atoms with E-state index < -0.39 is 0 Å². The van der Waals surface area contributed by atoms with Crippen LogP contribution >= 0.6 is 0 Å². The van der Waals surface area contributed by atoms with Gasteiger partial charge in [0.25, 0.3) is 0 Å². The van der Waals surface area contributed by atoms with E-state index >= 15 is 0 Å². The third-order valence-electron chi connectivity index (χ3n) is 3.26. The highest BCUT2D eigenvalue weighted by Crippen LogP contribution is 2.19. The highest BCUT2D eigenvalue weighted by Gasteiger charge is 2.16. The second kappa shape index (κ2) is 3.42. The first kappa shape index (κ1) is 10.0. The van der Waals surface area contributed by atoms with Gasteiger partial charge in [-0.15, -0.1) is 0 Å². The largest absolute Gasteiger partial charge is 0.344 e. The van der Waals surface area contributed by atoms with Gasteiger partial charge in [0.1, 0.15) is 0 Å². The zero-order chi connectivity index (χ0) is 12.0. The van der Waals surface area contributed by atoms with Crippen LogP contribution in [-0.4, -0.2) is 10.3 Å². The molecule has 1 aliphatic rings. The number of fused-ring (bicyclic) bond motifs is 2. The fourth-order valence-electron chi connectivity index (χ4n) is 2.38. The van der Waals surface area contributed by atoms with Crippen LogP contribution in [0.5, 0.6) is 0 Å². The van der Waals surface area contributed by atoms with Crippen molar-refractivity contribution in [3.8, 4) is 0 Å². The van der Waals surface area contributed by atoms with Gasteiger partial charge >= 0.3 is 0 Å². The maximum Gasteiger partial charge on any atom is 0.193 e. The summed E-state index contributed by atoms with van der Waals surface area (Å²) in [6.45, 7) is 0. The molecule has 0 unspecified atom stereocenters. The van der Waals surface area contributed by atoms with E-state index in [2.05, 4.69) is 0 Å². The molecule has 0 aliphatic heterocycles. The van der Waals surface area contributed by atoms with E-state index in [1.807, 2.05) is 42.0 Å². The lowest BCUT2D eigenvalue weighted by Gasteiger charge is -2.17. The van der Waals surface area contributed by atoms with Crippen molar-refractivity contribution in [2.75, 3.05) is 0 Å². The van der Waals surface area contributed by atoms with Gasteiger partial charge in [-0.3, -0.25) is 4.79 Å². The molecular weight excluding hydrogens is 212 g/mol. The number of hydrogen-bond acceptors (Lipinski definition) is 2. The van der Waals surface area contributed by atoms with Gasteiger partial charge in [-0.2, -0.15) is 0 Å². The van der Waals surface area contributed by atoms with E-state index in [0.717, 1.165) is 22.2 Å². The van der Waals surface area contributed by atoms with Gasteiger partial charge in [0, 0.05) is 35.8 Å². The van der Waals surface area contributed by atoms with E-state index in [4.69, 9.17) is 5.41 Å². The molecule has 0 radical (unpaired) electrons. The maximum atomic E-state index is 12.3. The van der Waals surface area contributed by atoms with E-state index in [1.54, 1.807) is 6.08 Å². The number of benzene rings is 1. The second-order valence-corrected chi connectivity index (χ2v) is 4.30. The lowest BCUT2D eigenvalue weighted by atomic mass is 9.97. The fraction of sp³-hybridized carbons (Fsp3) is 0.143. The number of nitrogens with one attached hydrogen (secondary N) is 1. The summed E-state index contributed by atoms with van der Waals surface area (Å²) in [5.74, 6) is 0. The third kappa shape index (κ3) is 1.35. The molecular formula is C14H12N2O. The van der Waals surface area contributed by atoms with Crippen molar-refractivity contribution >= 4 is 22.7 Å². The highest BCUT2D eigenvalue weighted by atomic mass is 16.1. The smallest absolute Gasteiger partial charge is 0.193 e. The van der Waals surface area contributed by atoms with Crippen LogP contribution in [0.3, 0.4) is 0 Å². The number of rotatable bonds is 0. The summed E-state index contributed by atoms with van der Waals surface area (Å²) in [5.41, 5.74) is 3.14. The molecule has 1 aromatic carbocycles. The molecule has 1 N–H and O–H groups in total. The Labute approximate surface area is 98.5 Å². The van der Waals surface area contributed by atoms with Gasteiger partial charge in [-0.1, -0.05) is 12.1 Å². The van der Waals surface area contributed by atoms with Gasteiger partial charge in [0.05, 0.1) is 5.52 Å². The number of aryl methyl sites for hydroxylation is 1. The maximum absolute atomic E-state index is 12.3. The first-order valence-corrected chi connectivity index (χ1v) is 5.54. The Kier molecular flexibility index (Phi) is 2.01. The summed E-state index contributed by atoms with van der Waals surface area (Å²) in [6, 6.07) is 7.60. The minimum Gasteiger partial charge on any atom is -0.344 e. The highest BCUT2D eigenvalue weighted by molar-refractivity contribution is 6.01. The number of pyridine rings is 1. The molecule has 17 heavy (non-hydrogen) atoms. The quantitative estimate of drug-likeness (QED) is 0.732. The van der Waals surface area contributed by atoms with E-state index in [-0.39, 0.29) is 5.43 Å². The van der Waals surface area contributed by atoms with Crippen LogP contribution in [0, 0.1) is 5.41 Å². The summed E-state index contributed by atoms with van der Waals surface area (Å²) in [4.78, 5) is 12.3. The first-order chi connectivity index (χ1) is 8.18. The molecule has 1 heterocycles. The van der Waals surface area contributed by atoms with Crippen LogP contribution in [0.4, 0.5) is 0 Å². The number of nitrogens with zero attached hydrogens (tertiary/aromatic N) is 1. The zero-order valence-corrected chi connectivity index (χ0v) is 9.53. The standard InChI is InChI=1S/C14H12N2O/c1-16-12-5-3-2-4-10(12)14(17)11-8-9(15)6-7-13(11)16/h2-7,15H,8H2,1H3. The summed E-state index contributed by atoms with van der Waals surface area (Å²) in [7, 11) is 1.96.